The number of ether oxygens (including phenoxy) is 1. The Morgan fingerprint density at radius 1 is 0.610 bits per heavy atom. The highest BCUT2D eigenvalue weighted by atomic mass is 16.5. The van der Waals surface area contributed by atoms with Gasteiger partial charge >= 0.3 is 0 Å². The largest absolute Gasteiger partial charge is 0.481 e. The number of anilines is 2. The Kier molecular flexibility index (Phi) is 5.33. The van der Waals surface area contributed by atoms with E-state index >= 15 is 0 Å². The lowest BCUT2D eigenvalue weighted by atomic mass is 9.80. The van der Waals surface area contributed by atoms with E-state index in [1.165, 1.54) is 50.2 Å². The normalized spacial score (nSPS) is 19.1. The van der Waals surface area contributed by atoms with Crippen molar-refractivity contribution in [2.45, 2.75) is 31.4 Å². The summed E-state index contributed by atoms with van der Waals surface area (Å²) in [6.45, 7) is 4.72. The molecule has 0 bridgehead atoms. The Labute approximate surface area is 241 Å². The summed E-state index contributed by atoms with van der Waals surface area (Å²) in [5.74, 6) is 0.977. The first-order chi connectivity index (χ1) is 20.1. The summed E-state index contributed by atoms with van der Waals surface area (Å²) in [6.07, 6.45) is 8.64. The molecule has 0 radical (unpaired) electrons. The molecule has 2 atom stereocenters. The molecule has 5 aromatic rings. The summed E-state index contributed by atoms with van der Waals surface area (Å²) in [5.41, 5.74) is 12.2. The molecule has 2 nitrogen and oxygen atoms in total. The lowest BCUT2D eigenvalue weighted by molar-refractivity contribution is 0.219. The average molecular weight is 530 g/mol. The molecule has 0 spiro atoms. The minimum atomic E-state index is -0.186. The van der Waals surface area contributed by atoms with Gasteiger partial charge in [0, 0.05) is 22.2 Å². The van der Waals surface area contributed by atoms with Crippen molar-refractivity contribution in [2.75, 3.05) is 4.90 Å². The predicted octanol–water partition coefficient (Wildman–Crippen LogP) is 9.72. The first-order valence-corrected chi connectivity index (χ1v) is 14.4. The third-order valence-electron chi connectivity index (χ3n) is 8.97. The number of allylic oxidation sites excluding steroid dienone is 2. The van der Waals surface area contributed by atoms with Crippen molar-refractivity contribution in [1.82, 2.24) is 0 Å². The van der Waals surface area contributed by atoms with E-state index < -0.39 is 0 Å². The standard InChI is InChI=1S/C39H31NO/c1-39(2)32-24-28(26-14-6-3-7-15-26)22-23-30(32)36-33(39)25-31(27-16-8-4-9-17-27)37-38(36)41-35-21-13-12-20-34(35)40(37)29-18-10-5-11-19-29/h3-25,34-35H,1-2H3. The Morgan fingerprint density at radius 2 is 1.27 bits per heavy atom. The molecule has 1 heterocycles. The van der Waals surface area contributed by atoms with Crippen molar-refractivity contribution in [3.8, 4) is 39.1 Å². The van der Waals surface area contributed by atoms with E-state index in [2.05, 4.69) is 158 Å². The number of fused-ring (bicyclic) bond motifs is 6. The zero-order chi connectivity index (χ0) is 27.6. The minimum absolute atomic E-state index is 0.0600. The van der Waals surface area contributed by atoms with Crippen LogP contribution in [0.1, 0.15) is 25.0 Å². The van der Waals surface area contributed by atoms with E-state index in [1.54, 1.807) is 0 Å². The van der Waals surface area contributed by atoms with Crippen LogP contribution < -0.4 is 9.64 Å². The van der Waals surface area contributed by atoms with E-state index in [1.807, 2.05) is 0 Å². The fourth-order valence-corrected chi connectivity index (χ4v) is 6.93. The molecular weight excluding hydrogens is 498 g/mol. The highest BCUT2D eigenvalue weighted by Crippen LogP contribution is 2.60. The van der Waals surface area contributed by atoms with Crippen molar-refractivity contribution in [2.24, 2.45) is 0 Å². The number of rotatable bonds is 3. The zero-order valence-electron chi connectivity index (χ0n) is 23.3. The fourth-order valence-electron chi connectivity index (χ4n) is 6.93. The number of benzene rings is 5. The highest BCUT2D eigenvalue weighted by molar-refractivity contribution is 5.99. The Hall–Kier alpha value is -4.82. The van der Waals surface area contributed by atoms with Crippen LogP contribution >= 0.6 is 0 Å². The van der Waals surface area contributed by atoms with Crippen molar-refractivity contribution < 1.29 is 4.74 Å². The van der Waals surface area contributed by atoms with Gasteiger partial charge in [-0.3, -0.25) is 0 Å². The predicted molar refractivity (Wildman–Crippen MR) is 170 cm³/mol. The van der Waals surface area contributed by atoms with E-state index in [-0.39, 0.29) is 17.6 Å². The lowest BCUT2D eigenvalue weighted by Gasteiger charge is -2.44. The molecule has 0 amide bonds. The van der Waals surface area contributed by atoms with Crippen LogP contribution in [0, 0.1) is 0 Å². The van der Waals surface area contributed by atoms with Gasteiger partial charge in [-0.25, -0.2) is 0 Å². The monoisotopic (exact) mass is 529 g/mol. The second-order valence-corrected chi connectivity index (χ2v) is 11.7. The van der Waals surface area contributed by atoms with Crippen LogP contribution in [-0.4, -0.2) is 12.1 Å². The minimum Gasteiger partial charge on any atom is -0.481 e. The second kappa shape index (κ2) is 9.11. The Bertz CT molecular complexity index is 1830. The summed E-state index contributed by atoms with van der Waals surface area (Å²) in [7, 11) is 0. The zero-order valence-corrected chi connectivity index (χ0v) is 23.3. The lowest BCUT2D eigenvalue weighted by Crippen LogP contribution is -2.46. The summed E-state index contributed by atoms with van der Waals surface area (Å²) < 4.78 is 7.08. The maximum Gasteiger partial charge on any atom is 0.152 e. The van der Waals surface area contributed by atoms with Crippen LogP contribution in [0.2, 0.25) is 0 Å². The summed E-state index contributed by atoms with van der Waals surface area (Å²) in [4.78, 5) is 2.50. The van der Waals surface area contributed by atoms with E-state index in [4.69, 9.17) is 4.74 Å². The first-order valence-electron chi connectivity index (χ1n) is 14.4. The van der Waals surface area contributed by atoms with Gasteiger partial charge < -0.3 is 9.64 Å². The summed E-state index contributed by atoms with van der Waals surface area (Å²) >= 11 is 0. The van der Waals surface area contributed by atoms with Crippen LogP contribution in [-0.2, 0) is 5.41 Å². The molecule has 1 aliphatic heterocycles. The molecular formula is C39H31NO. The smallest absolute Gasteiger partial charge is 0.152 e. The van der Waals surface area contributed by atoms with Crippen molar-refractivity contribution in [3.63, 3.8) is 0 Å². The average Bonchev–Trinajstić information content (AvgIpc) is 3.26. The first kappa shape index (κ1) is 24.0. The van der Waals surface area contributed by atoms with Crippen molar-refractivity contribution in [1.29, 1.82) is 0 Å². The summed E-state index contributed by atoms with van der Waals surface area (Å²) in [5, 5.41) is 0. The van der Waals surface area contributed by atoms with E-state index in [9.17, 15) is 0 Å². The number of hydrogen-bond acceptors (Lipinski definition) is 2. The topological polar surface area (TPSA) is 12.5 Å². The van der Waals surface area contributed by atoms with Gasteiger partial charge in [0.05, 0.1) is 11.7 Å². The second-order valence-electron chi connectivity index (χ2n) is 11.7. The van der Waals surface area contributed by atoms with Gasteiger partial charge in [-0.15, -0.1) is 0 Å². The fraction of sp³-hybridized carbons (Fsp3) is 0.128. The molecule has 2 aliphatic carbocycles. The van der Waals surface area contributed by atoms with Crippen LogP contribution in [0.25, 0.3) is 33.4 Å². The molecule has 2 heteroatoms. The van der Waals surface area contributed by atoms with Gasteiger partial charge in [0.1, 0.15) is 6.10 Å². The SMILES string of the molecule is CC1(C)c2cc(-c3ccccc3)ccc2-c2c1cc(-c1ccccc1)c1c2OC2C=CC=CC2N1c1ccccc1. The Morgan fingerprint density at radius 3 is 2.00 bits per heavy atom. The van der Waals surface area contributed by atoms with E-state index in [0.29, 0.717) is 0 Å². The molecule has 0 aromatic heterocycles. The van der Waals surface area contributed by atoms with Crippen LogP contribution in [0.15, 0.2) is 140 Å². The van der Waals surface area contributed by atoms with E-state index in [0.717, 1.165) is 11.4 Å². The van der Waals surface area contributed by atoms with Gasteiger partial charge in [-0.2, -0.15) is 0 Å². The van der Waals surface area contributed by atoms with Crippen LogP contribution in [0.3, 0.4) is 0 Å². The van der Waals surface area contributed by atoms with Gasteiger partial charge in [-0.05, 0) is 63.7 Å². The van der Waals surface area contributed by atoms with Crippen LogP contribution in [0.5, 0.6) is 5.75 Å². The number of hydrogen-bond donors (Lipinski definition) is 0. The third-order valence-corrected chi connectivity index (χ3v) is 8.97. The maximum absolute atomic E-state index is 7.08. The number of nitrogens with zero attached hydrogens (tertiary/aromatic N) is 1. The molecule has 2 unspecified atom stereocenters. The van der Waals surface area contributed by atoms with Crippen LogP contribution in [0.4, 0.5) is 11.4 Å². The molecule has 0 saturated carbocycles. The van der Waals surface area contributed by atoms with Crippen molar-refractivity contribution in [3.05, 3.63) is 151 Å². The molecule has 41 heavy (non-hydrogen) atoms. The van der Waals surface area contributed by atoms with Gasteiger partial charge in [0.25, 0.3) is 0 Å². The van der Waals surface area contributed by atoms with Gasteiger partial charge in [0.2, 0.25) is 0 Å². The van der Waals surface area contributed by atoms with Gasteiger partial charge in [0.15, 0.2) is 5.75 Å². The number of para-hydroxylation sites is 1. The molecule has 3 aliphatic rings. The molecule has 0 saturated heterocycles. The summed E-state index contributed by atoms with van der Waals surface area (Å²) in [6, 6.07) is 41.7. The molecule has 5 aromatic carbocycles. The maximum atomic E-state index is 7.08. The third kappa shape index (κ3) is 3.64. The molecule has 198 valence electrons. The molecule has 0 fully saturated rings. The highest BCUT2D eigenvalue weighted by Gasteiger charge is 2.44. The molecule has 0 N–H and O–H groups in total. The molecule has 8 rings (SSSR count). The van der Waals surface area contributed by atoms with Crippen molar-refractivity contribution >= 4 is 11.4 Å². The Balaban J connectivity index is 1.44. The quantitative estimate of drug-likeness (QED) is 0.231. The van der Waals surface area contributed by atoms with Gasteiger partial charge in [-0.1, -0.05) is 123 Å².